The quantitative estimate of drug-likeness (QED) is 0.733. The van der Waals surface area contributed by atoms with Gasteiger partial charge in [-0.1, -0.05) is 13.8 Å². The Bertz CT molecular complexity index is 217. The number of ether oxygens (including phenoxy) is 1. The van der Waals surface area contributed by atoms with E-state index >= 15 is 0 Å². The molecule has 0 bridgehead atoms. The monoisotopic (exact) mass is 236 g/mol. The lowest BCUT2D eigenvalue weighted by Gasteiger charge is -2.13. The molecule has 1 fully saturated rings. The maximum atomic E-state index is 11.4. The normalized spacial score (nSPS) is 23.9. The van der Waals surface area contributed by atoms with E-state index in [0.717, 1.165) is 6.54 Å². The fourth-order valence-corrected chi connectivity index (χ4v) is 1.57. The molecule has 5 heteroatoms. The van der Waals surface area contributed by atoms with Crippen LogP contribution >= 0.6 is 12.4 Å². The van der Waals surface area contributed by atoms with Crippen molar-refractivity contribution < 1.29 is 9.53 Å². The fraction of sp³-hybridized carbons (Fsp3) is 0.900. The first-order valence-corrected chi connectivity index (χ1v) is 5.02. The summed E-state index contributed by atoms with van der Waals surface area (Å²) in [6.45, 7) is 5.39. The Kier molecular flexibility index (Phi) is 5.56. The predicted molar refractivity (Wildman–Crippen MR) is 62.0 cm³/mol. The smallest absolute Gasteiger partial charge is 0.250 e. The Labute approximate surface area is 97.3 Å². The summed E-state index contributed by atoms with van der Waals surface area (Å²) in [7, 11) is 1.50. The van der Waals surface area contributed by atoms with Crippen molar-refractivity contribution in [1.29, 1.82) is 0 Å². The fourth-order valence-electron chi connectivity index (χ4n) is 1.57. The Balaban J connectivity index is 0.00000196. The van der Waals surface area contributed by atoms with Gasteiger partial charge in [-0.15, -0.1) is 12.4 Å². The zero-order valence-electron chi connectivity index (χ0n) is 9.58. The van der Waals surface area contributed by atoms with Crippen molar-refractivity contribution in [1.82, 2.24) is 5.32 Å². The van der Waals surface area contributed by atoms with Gasteiger partial charge in [-0.3, -0.25) is 4.79 Å². The van der Waals surface area contributed by atoms with Gasteiger partial charge in [0.15, 0.2) is 0 Å². The van der Waals surface area contributed by atoms with Gasteiger partial charge >= 0.3 is 0 Å². The molecule has 3 N–H and O–H groups in total. The maximum absolute atomic E-state index is 11.4. The van der Waals surface area contributed by atoms with E-state index in [-0.39, 0.29) is 24.9 Å². The third-order valence-electron chi connectivity index (χ3n) is 3.03. The van der Waals surface area contributed by atoms with Gasteiger partial charge in [0.1, 0.15) is 6.10 Å². The number of hydrogen-bond donors (Lipinski definition) is 2. The van der Waals surface area contributed by atoms with E-state index in [1.807, 2.05) is 0 Å². The predicted octanol–water partition coefficient (Wildman–Crippen LogP) is 0.544. The van der Waals surface area contributed by atoms with Gasteiger partial charge in [0.2, 0.25) is 5.91 Å². The molecule has 0 aromatic heterocycles. The summed E-state index contributed by atoms with van der Waals surface area (Å²) in [5, 5.41) is 2.86. The average Bonchev–Trinajstić information content (AvgIpc) is 2.73. The summed E-state index contributed by atoms with van der Waals surface area (Å²) in [5.41, 5.74) is 5.78. The molecule has 0 saturated heterocycles. The summed E-state index contributed by atoms with van der Waals surface area (Å²) in [4.78, 5) is 11.4. The van der Waals surface area contributed by atoms with Gasteiger partial charge in [-0.05, 0) is 17.8 Å². The van der Waals surface area contributed by atoms with Crippen LogP contribution in [-0.4, -0.2) is 32.2 Å². The van der Waals surface area contributed by atoms with E-state index in [1.54, 1.807) is 0 Å². The average molecular weight is 237 g/mol. The van der Waals surface area contributed by atoms with Crippen molar-refractivity contribution in [2.45, 2.75) is 26.4 Å². The summed E-state index contributed by atoms with van der Waals surface area (Å²) in [5.74, 6) is 0.513. The molecular formula is C10H21ClN2O2. The summed E-state index contributed by atoms with van der Waals surface area (Å²) in [6, 6.07) is 0. The first-order chi connectivity index (χ1) is 6.51. The highest BCUT2D eigenvalue weighted by molar-refractivity contribution is 5.85. The van der Waals surface area contributed by atoms with Crippen molar-refractivity contribution in [3.8, 4) is 0 Å². The zero-order valence-corrected chi connectivity index (χ0v) is 10.4. The van der Waals surface area contributed by atoms with Crippen LogP contribution in [0.4, 0.5) is 0 Å². The largest absolute Gasteiger partial charge is 0.370 e. The molecule has 1 amide bonds. The molecule has 1 aliphatic carbocycles. The molecule has 0 radical (unpaired) electrons. The van der Waals surface area contributed by atoms with E-state index in [1.165, 1.54) is 13.5 Å². The van der Waals surface area contributed by atoms with Gasteiger partial charge < -0.3 is 15.8 Å². The molecule has 0 aliphatic heterocycles. The minimum absolute atomic E-state index is 0. The highest BCUT2D eigenvalue weighted by Gasteiger charge is 2.45. The number of carbonyl (C=O) groups is 1. The van der Waals surface area contributed by atoms with Crippen LogP contribution in [0.1, 0.15) is 20.3 Å². The van der Waals surface area contributed by atoms with Gasteiger partial charge in [0.05, 0.1) is 0 Å². The first kappa shape index (κ1) is 14.7. The summed E-state index contributed by atoms with van der Waals surface area (Å²) < 4.78 is 4.93. The van der Waals surface area contributed by atoms with Crippen LogP contribution in [0.15, 0.2) is 0 Å². The molecule has 15 heavy (non-hydrogen) atoms. The molecule has 2 unspecified atom stereocenters. The number of hydrogen-bond acceptors (Lipinski definition) is 3. The molecule has 1 aliphatic rings. The molecule has 0 heterocycles. The number of amides is 1. The van der Waals surface area contributed by atoms with Gasteiger partial charge in [-0.25, -0.2) is 0 Å². The second kappa shape index (κ2) is 5.68. The standard InChI is InChI=1S/C10H20N2O2.ClH/c1-10(2)4-7(10)6-12-9(13)8(5-11)14-3;/h7-8H,4-6,11H2,1-3H3,(H,12,13);1H. The zero-order chi connectivity index (χ0) is 10.8. The third-order valence-corrected chi connectivity index (χ3v) is 3.03. The molecule has 4 nitrogen and oxygen atoms in total. The lowest BCUT2D eigenvalue weighted by molar-refractivity contribution is -0.130. The molecule has 90 valence electrons. The van der Waals surface area contributed by atoms with Crippen LogP contribution in [0.5, 0.6) is 0 Å². The Hall–Kier alpha value is -0.320. The van der Waals surface area contributed by atoms with Crippen molar-refractivity contribution in [3.05, 3.63) is 0 Å². The van der Waals surface area contributed by atoms with E-state index in [9.17, 15) is 4.79 Å². The summed E-state index contributed by atoms with van der Waals surface area (Å²) >= 11 is 0. The summed E-state index contributed by atoms with van der Waals surface area (Å²) in [6.07, 6.45) is 0.685. The number of nitrogens with two attached hydrogens (primary N) is 1. The van der Waals surface area contributed by atoms with Gasteiger partial charge in [0, 0.05) is 20.2 Å². The molecule has 1 saturated carbocycles. The van der Waals surface area contributed by atoms with Crippen LogP contribution < -0.4 is 11.1 Å². The van der Waals surface area contributed by atoms with Crippen LogP contribution in [-0.2, 0) is 9.53 Å². The van der Waals surface area contributed by atoms with Crippen LogP contribution in [0.3, 0.4) is 0 Å². The maximum Gasteiger partial charge on any atom is 0.250 e. The number of carbonyl (C=O) groups excluding carboxylic acids is 1. The molecule has 1 rings (SSSR count). The van der Waals surface area contributed by atoms with Crippen LogP contribution in [0, 0.1) is 11.3 Å². The van der Waals surface area contributed by atoms with Crippen molar-refractivity contribution in [2.24, 2.45) is 17.1 Å². The third kappa shape index (κ3) is 3.97. The van der Waals surface area contributed by atoms with Crippen molar-refractivity contribution in [2.75, 3.05) is 20.2 Å². The molecule has 0 aromatic carbocycles. The van der Waals surface area contributed by atoms with Crippen LogP contribution in [0.25, 0.3) is 0 Å². The van der Waals surface area contributed by atoms with Gasteiger partial charge in [-0.2, -0.15) is 0 Å². The van der Waals surface area contributed by atoms with E-state index in [0.29, 0.717) is 11.3 Å². The highest BCUT2D eigenvalue weighted by Crippen LogP contribution is 2.50. The lowest BCUT2D eigenvalue weighted by Crippen LogP contribution is -2.41. The van der Waals surface area contributed by atoms with E-state index in [4.69, 9.17) is 10.5 Å². The number of methoxy groups -OCH3 is 1. The Morgan fingerprint density at radius 1 is 1.67 bits per heavy atom. The Morgan fingerprint density at radius 3 is 2.53 bits per heavy atom. The lowest BCUT2D eigenvalue weighted by atomic mass is 10.1. The van der Waals surface area contributed by atoms with Crippen molar-refractivity contribution in [3.63, 3.8) is 0 Å². The van der Waals surface area contributed by atoms with E-state index in [2.05, 4.69) is 19.2 Å². The minimum atomic E-state index is -0.503. The molecule has 0 aromatic rings. The highest BCUT2D eigenvalue weighted by atomic mass is 35.5. The second-order valence-electron chi connectivity index (χ2n) is 4.59. The minimum Gasteiger partial charge on any atom is -0.370 e. The van der Waals surface area contributed by atoms with Gasteiger partial charge in [0.25, 0.3) is 0 Å². The van der Waals surface area contributed by atoms with Crippen molar-refractivity contribution >= 4 is 18.3 Å². The first-order valence-electron chi connectivity index (χ1n) is 5.02. The van der Waals surface area contributed by atoms with E-state index < -0.39 is 6.10 Å². The number of nitrogens with one attached hydrogen (secondary N) is 1. The topological polar surface area (TPSA) is 64.3 Å². The SMILES string of the molecule is COC(CN)C(=O)NCC1CC1(C)C.Cl. The Morgan fingerprint density at radius 2 is 2.20 bits per heavy atom. The van der Waals surface area contributed by atoms with Crippen LogP contribution in [0.2, 0.25) is 0 Å². The molecular weight excluding hydrogens is 216 g/mol. The second-order valence-corrected chi connectivity index (χ2v) is 4.59. The molecule has 2 atom stereocenters. The number of halogens is 1. The molecule has 0 spiro atoms. The number of rotatable bonds is 5.